The summed E-state index contributed by atoms with van der Waals surface area (Å²) in [7, 11) is 0. The summed E-state index contributed by atoms with van der Waals surface area (Å²) in [6, 6.07) is 11.2. The van der Waals surface area contributed by atoms with Crippen molar-refractivity contribution in [1.29, 1.82) is 0 Å². The van der Waals surface area contributed by atoms with Crippen LogP contribution in [0.3, 0.4) is 0 Å². The van der Waals surface area contributed by atoms with Gasteiger partial charge in [-0.25, -0.2) is 9.78 Å². The first-order valence-electron chi connectivity index (χ1n) is 10.1. The lowest BCUT2D eigenvalue weighted by molar-refractivity contribution is -0.137. The maximum absolute atomic E-state index is 11.6. The second-order valence-corrected chi connectivity index (χ2v) is 8.68. The first kappa shape index (κ1) is 19.5. The number of piperazine rings is 1. The van der Waals surface area contributed by atoms with Crippen molar-refractivity contribution < 1.29 is 9.90 Å². The number of para-hydroxylation sites is 2. The van der Waals surface area contributed by atoms with Gasteiger partial charge in [0.1, 0.15) is 11.9 Å². The largest absolute Gasteiger partial charge is 0.480 e. The SMILES string of the molecule is CC(C)(C)N1CCN(c2ccc(N3CC(C(=O)O)Nc4ccccc43)nc2)CC1. The number of anilines is 4. The number of aliphatic carboxylic acids is 1. The van der Waals surface area contributed by atoms with E-state index in [0.29, 0.717) is 6.54 Å². The highest BCUT2D eigenvalue weighted by molar-refractivity contribution is 5.86. The Balaban J connectivity index is 1.52. The number of rotatable bonds is 3. The van der Waals surface area contributed by atoms with Crippen molar-refractivity contribution in [3.05, 3.63) is 42.6 Å². The van der Waals surface area contributed by atoms with Crippen LogP contribution in [-0.4, -0.2) is 65.3 Å². The highest BCUT2D eigenvalue weighted by Gasteiger charge is 2.30. The van der Waals surface area contributed by atoms with Gasteiger partial charge in [-0.05, 0) is 45.0 Å². The van der Waals surface area contributed by atoms with Crippen LogP contribution in [-0.2, 0) is 4.79 Å². The Hall–Kier alpha value is -2.80. The zero-order chi connectivity index (χ0) is 20.6. The van der Waals surface area contributed by atoms with Gasteiger partial charge in [-0.3, -0.25) is 4.90 Å². The van der Waals surface area contributed by atoms with E-state index in [2.05, 4.69) is 46.9 Å². The molecule has 2 N–H and O–H groups in total. The summed E-state index contributed by atoms with van der Waals surface area (Å²) in [5, 5.41) is 12.6. The normalized spacial score (nSPS) is 20.2. The van der Waals surface area contributed by atoms with Crippen molar-refractivity contribution in [2.75, 3.05) is 47.8 Å². The Bertz CT molecular complexity index is 870. The van der Waals surface area contributed by atoms with Crippen LogP contribution in [0.5, 0.6) is 0 Å². The molecule has 2 aliphatic heterocycles. The van der Waals surface area contributed by atoms with Gasteiger partial charge in [-0.15, -0.1) is 0 Å². The smallest absolute Gasteiger partial charge is 0.328 e. The second-order valence-electron chi connectivity index (χ2n) is 8.68. The summed E-state index contributed by atoms with van der Waals surface area (Å²) in [4.78, 5) is 23.1. The number of benzene rings is 1. The van der Waals surface area contributed by atoms with Gasteiger partial charge in [0.15, 0.2) is 0 Å². The predicted octanol–water partition coefficient (Wildman–Crippen LogP) is 3.02. The van der Waals surface area contributed by atoms with E-state index < -0.39 is 12.0 Å². The molecular weight excluding hydrogens is 366 g/mol. The Morgan fingerprint density at radius 3 is 2.45 bits per heavy atom. The van der Waals surface area contributed by atoms with E-state index in [9.17, 15) is 9.90 Å². The number of hydrogen-bond acceptors (Lipinski definition) is 6. The Morgan fingerprint density at radius 1 is 1.10 bits per heavy atom. The van der Waals surface area contributed by atoms with Gasteiger partial charge in [0.2, 0.25) is 0 Å². The van der Waals surface area contributed by atoms with Crippen molar-refractivity contribution in [2.24, 2.45) is 0 Å². The molecule has 1 fully saturated rings. The monoisotopic (exact) mass is 395 g/mol. The summed E-state index contributed by atoms with van der Waals surface area (Å²) in [5.41, 5.74) is 3.07. The molecule has 2 aliphatic rings. The lowest BCUT2D eigenvalue weighted by Gasteiger charge is -2.43. The van der Waals surface area contributed by atoms with Crippen molar-refractivity contribution in [2.45, 2.75) is 32.4 Å². The van der Waals surface area contributed by atoms with Crippen LogP contribution in [0, 0.1) is 0 Å². The molecule has 3 heterocycles. The molecule has 0 amide bonds. The molecule has 1 saturated heterocycles. The maximum atomic E-state index is 11.6. The zero-order valence-electron chi connectivity index (χ0n) is 17.3. The minimum atomic E-state index is -0.863. The summed E-state index contributed by atoms with van der Waals surface area (Å²) in [5.74, 6) is -0.0971. The van der Waals surface area contributed by atoms with Crippen LogP contribution in [0.4, 0.5) is 22.9 Å². The molecule has 1 aromatic carbocycles. The molecule has 1 unspecified atom stereocenters. The lowest BCUT2D eigenvalue weighted by Crippen LogP contribution is -2.53. The van der Waals surface area contributed by atoms with Gasteiger partial charge in [0.25, 0.3) is 0 Å². The molecule has 0 aliphatic carbocycles. The number of carbonyl (C=O) groups is 1. The third-order valence-corrected chi connectivity index (χ3v) is 5.79. The summed E-state index contributed by atoms with van der Waals surface area (Å²) in [6.45, 7) is 11.2. The van der Waals surface area contributed by atoms with Crippen molar-refractivity contribution >= 4 is 28.8 Å². The van der Waals surface area contributed by atoms with Gasteiger partial charge >= 0.3 is 5.97 Å². The van der Waals surface area contributed by atoms with Gasteiger partial charge in [-0.1, -0.05) is 12.1 Å². The van der Waals surface area contributed by atoms with E-state index >= 15 is 0 Å². The lowest BCUT2D eigenvalue weighted by atomic mass is 10.0. The molecule has 1 aromatic heterocycles. The van der Waals surface area contributed by atoms with Crippen molar-refractivity contribution in [3.8, 4) is 0 Å². The molecule has 7 nitrogen and oxygen atoms in total. The van der Waals surface area contributed by atoms with E-state index in [-0.39, 0.29) is 5.54 Å². The third kappa shape index (κ3) is 4.00. The van der Waals surface area contributed by atoms with Crippen LogP contribution in [0.2, 0.25) is 0 Å². The molecule has 0 radical (unpaired) electrons. The van der Waals surface area contributed by atoms with E-state index in [1.54, 1.807) is 0 Å². The Labute approximate surface area is 171 Å². The van der Waals surface area contributed by atoms with Gasteiger partial charge in [-0.2, -0.15) is 0 Å². The fraction of sp³-hybridized carbons (Fsp3) is 0.455. The summed E-state index contributed by atoms with van der Waals surface area (Å²) in [6.07, 6.45) is 1.91. The van der Waals surface area contributed by atoms with Crippen LogP contribution >= 0.6 is 0 Å². The quantitative estimate of drug-likeness (QED) is 0.828. The predicted molar refractivity (Wildman–Crippen MR) is 116 cm³/mol. The topological polar surface area (TPSA) is 71.9 Å². The fourth-order valence-electron chi connectivity index (χ4n) is 4.06. The Morgan fingerprint density at radius 2 is 1.83 bits per heavy atom. The van der Waals surface area contributed by atoms with Crippen molar-refractivity contribution in [1.82, 2.24) is 9.88 Å². The number of nitrogens with zero attached hydrogens (tertiary/aromatic N) is 4. The van der Waals surface area contributed by atoms with Gasteiger partial charge in [0.05, 0.1) is 29.8 Å². The Kier molecular flexibility index (Phi) is 5.08. The number of hydrogen-bond donors (Lipinski definition) is 2. The van der Waals surface area contributed by atoms with E-state index in [0.717, 1.165) is 49.1 Å². The standard InChI is InChI=1S/C22H29N5O2/c1-22(2,3)26-12-10-25(11-13-26)16-8-9-20(23-14-16)27-15-18(21(28)29)24-17-6-4-5-7-19(17)27/h4-9,14,18,24H,10-13,15H2,1-3H3,(H,28,29). The molecule has 4 rings (SSSR count). The zero-order valence-corrected chi connectivity index (χ0v) is 17.3. The first-order chi connectivity index (χ1) is 13.8. The van der Waals surface area contributed by atoms with Gasteiger partial charge in [0, 0.05) is 31.7 Å². The first-order valence-corrected chi connectivity index (χ1v) is 10.1. The molecular formula is C22H29N5O2. The molecule has 7 heteroatoms. The fourth-order valence-corrected chi connectivity index (χ4v) is 4.06. The number of fused-ring (bicyclic) bond motifs is 1. The van der Waals surface area contributed by atoms with Gasteiger partial charge < -0.3 is 20.2 Å². The highest BCUT2D eigenvalue weighted by Crippen LogP contribution is 2.35. The highest BCUT2D eigenvalue weighted by atomic mass is 16.4. The van der Waals surface area contributed by atoms with Crippen LogP contribution < -0.4 is 15.1 Å². The maximum Gasteiger partial charge on any atom is 0.328 e. The summed E-state index contributed by atoms with van der Waals surface area (Å²) >= 11 is 0. The van der Waals surface area contributed by atoms with Crippen LogP contribution in [0.25, 0.3) is 0 Å². The van der Waals surface area contributed by atoms with Crippen molar-refractivity contribution in [3.63, 3.8) is 0 Å². The molecule has 29 heavy (non-hydrogen) atoms. The number of carboxylic acid groups (broad SMARTS) is 1. The number of carboxylic acids is 1. The number of nitrogens with one attached hydrogen (secondary N) is 1. The molecule has 0 saturated carbocycles. The van der Waals surface area contributed by atoms with E-state index in [1.807, 2.05) is 41.4 Å². The molecule has 2 aromatic rings. The average Bonchev–Trinajstić information content (AvgIpc) is 2.72. The molecule has 0 spiro atoms. The average molecular weight is 396 g/mol. The van der Waals surface area contributed by atoms with E-state index in [1.165, 1.54) is 0 Å². The molecule has 154 valence electrons. The number of aromatic nitrogens is 1. The second kappa shape index (κ2) is 7.55. The minimum absolute atomic E-state index is 0.199. The molecule has 1 atom stereocenters. The van der Waals surface area contributed by atoms with Crippen LogP contribution in [0.15, 0.2) is 42.6 Å². The van der Waals surface area contributed by atoms with Crippen LogP contribution in [0.1, 0.15) is 20.8 Å². The number of pyridine rings is 1. The molecule has 0 bridgehead atoms. The third-order valence-electron chi connectivity index (χ3n) is 5.79. The summed E-state index contributed by atoms with van der Waals surface area (Å²) < 4.78 is 0. The minimum Gasteiger partial charge on any atom is -0.480 e. The van der Waals surface area contributed by atoms with E-state index in [4.69, 9.17) is 0 Å².